The van der Waals surface area contributed by atoms with Crippen LogP contribution in [0.3, 0.4) is 0 Å². The first-order valence-corrected chi connectivity index (χ1v) is 12.4. The molecular formula is C26H28N6OS. The molecule has 2 aromatic heterocycles. The normalized spacial score (nSPS) is 14.5. The maximum atomic E-state index is 13.6. The zero-order valence-electron chi connectivity index (χ0n) is 19.5. The third kappa shape index (κ3) is 4.78. The third-order valence-corrected chi connectivity index (χ3v) is 7.40. The number of aromatic nitrogens is 3. The zero-order valence-corrected chi connectivity index (χ0v) is 20.3. The Kier molecular flexibility index (Phi) is 6.51. The van der Waals surface area contributed by atoms with E-state index in [9.17, 15) is 4.79 Å². The number of carbonyl (C=O) groups excluding carboxylic acids is 1. The molecule has 1 saturated heterocycles. The van der Waals surface area contributed by atoms with E-state index in [0.29, 0.717) is 13.1 Å². The van der Waals surface area contributed by atoms with Crippen LogP contribution in [0.4, 0.5) is 11.1 Å². The minimum absolute atomic E-state index is 0.0710. The lowest BCUT2D eigenvalue weighted by atomic mass is 10.1. The summed E-state index contributed by atoms with van der Waals surface area (Å²) in [5.74, 6) is 0.820. The van der Waals surface area contributed by atoms with Gasteiger partial charge in [-0.05, 0) is 42.7 Å². The van der Waals surface area contributed by atoms with Gasteiger partial charge in [-0.3, -0.25) is 14.6 Å². The van der Waals surface area contributed by atoms with Crippen LogP contribution in [-0.2, 0) is 11.3 Å². The number of piperazine rings is 1. The number of hydrogen-bond acceptors (Lipinski definition) is 7. The van der Waals surface area contributed by atoms with Crippen molar-refractivity contribution in [3.8, 4) is 0 Å². The number of fused-ring (bicyclic) bond motifs is 1. The Bertz CT molecular complexity index is 1270. The minimum Gasteiger partial charge on any atom is -0.338 e. The number of amides is 1. The van der Waals surface area contributed by atoms with Crippen molar-refractivity contribution in [1.82, 2.24) is 19.9 Å². The van der Waals surface area contributed by atoms with E-state index < -0.39 is 0 Å². The number of aryl methyl sites for hydroxylation is 2. The molecule has 0 atom stereocenters. The molecule has 174 valence electrons. The SMILES string of the molecule is Cc1ccc2sc(N(Cc3ccccc3)C(=O)CN3CCN(c4ncccn4)CC3)nc2c1C. The number of anilines is 2. The average Bonchev–Trinajstić information content (AvgIpc) is 3.31. The van der Waals surface area contributed by atoms with Gasteiger partial charge in [-0.15, -0.1) is 0 Å². The number of carbonyl (C=O) groups is 1. The van der Waals surface area contributed by atoms with Crippen LogP contribution in [0.15, 0.2) is 60.9 Å². The molecule has 0 aliphatic carbocycles. The van der Waals surface area contributed by atoms with Crippen LogP contribution in [0, 0.1) is 13.8 Å². The zero-order chi connectivity index (χ0) is 23.5. The van der Waals surface area contributed by atoms with Gasteiger partial charge < -0.3 is 4.90 Å². The Morgan fingerprint density at radius 1 is 0.971 bits per heavy atom. The average molecular weight is 473 g/mol. The Morgan fingerprint density at radius 3 is 2.44 bits per heavy atom. The van der Waals surface area contributed by atoms with Gasteiger partial charge in [0.25, 0.3) is 0 Å². The molecule has 0 spiro atoms. The summed E-state index contributed by atoms with van der Waals surface area (Å²) in [6, 6.07) is 16.2. The van der Waals surface area contributed by atoms with Crippen molar-refractivity contribution < 1.29 is 4.79 Å². The smallest absolute Gasteiger partial charge is 0.243 e. The van der Waals surface area contributed by atoms with Gasteiger partial charge >= 0.3 is 0 Å². The summed E-state index contributed by atoms with van der Waals surface area (Å²) < 4.78 is 1.11. The molecule has 8 heteroatoms. The maximum absolute atomic E-state index is 13.6. The molecular weight excluding hydrogens is 444 g/mol. The Balaban J connectivity index is 1.34. The lowest BCUT2D eigenvalue weighted by molar-refractivity contribution is -0.120. The molecule has 1 amide bonds. The predicted molar refractivity (Wildman–Crippen MR) is 137 cm³/mol. The summed E-state index contributed by atoms with van der Waals surface area (Å²) in [5.41, 5.74) is 4.47. The van der Waals surface area contributed by atoms with E-state index in [1.165, 1.54) is 11.1 Å². The van der Waals surface area contributed by atoms with Crippen LogP contribution in [0.1, 0.15) is 16.7 Å². The van der Waals surface area contributed by atoms with Crippen molar-refractivity contribution in [1.29, 1.82) is 0 Å². The molecule has 1 fully saturated rings. The van der Waals surface area contributed by atoms with Crippen LogP contribution in [0.25, 0.3) is 10.2 Å². The van der Waals surface area contributed by atoms with Crippen molar-refractivity contribution in [3.05, 3.63) is 77.6 Å². The van der Waals surface area contributed by atoms with Gasteiger partial charge in [0.1, 0.15) is 0 Å². The highest BCUT2D eigenvalue weighted by Gasteiger charge is 2.26. The van der Waals surface area contributed by atoms with E-state index in [2.05, 4.69) is 57.9 Å². The number of benzene rings is 2. The van der Waals surface area contributed by atoms with Crippen LogP contribution in [0.2, 0.25) is 0 Å². The molecule has 4 aromatic rings. The highest BCUT2D eigenvalue weighted by Crippen LogP contribution is 2.33. The lowest BCUT2D eigenvalue weighted by Crippen LogP contribution is -2.50. The van der Waals surface area contributed by atoms with Gasteiger partial charge in [-0.2, -0.15) is 0 Å². The highest BCUT2D eigenvalue weighted by molar-refractivity contribution is 7.22. The molecule has 0 bridgehead atoms. The van der Waals surface area contributed by atoms with E-state index in [0.717, 1.165) is 53.0 Å². The molecule has 0 unspecified atom stereocenters. The molecule has 0 saturated carbocycles. The molecule has 5 rings (SSSR count). The number of hydrogen-bond donors (Lipinski definition) is 0. The molecule has 34 heavy (non-hydrogen) atoms. The van der Waals surface area contributed by atoms with Crippen LogP contribution < -0.4 is 9.80 Å². The van der Waals surface area contributed by atoms with Crippen molar-refractivity contribution >= 4 is 38.5 Å². The second-order valence-electron chi connectivity index (χ2n) is 8.63. The molecule has 1 aliphatic heterocycles. The van der Waals surface area contributed by atoms with Gasteiger partial charge in [0.05, 0.1) is 23.3 Å². The van der Waals surface area contributed by atoms with E-state index in [-0.39, 0.29) is 5.91 Å². The molecule has 1 aliphatic rings. The fourth-order valence-corrected chi connectivity index (χ4v) is 5.24. The molecule has 2 aromatic carbocycles. The van der Waals surface area contributed by atoms with Gasteiger partial charge in [0.15, 0.2) is 5.13 Å². The summed E-state index contributed by atoms with van der Waals surface area (Å²) in [7, 11) is 0. The van der Waals surface area contributed by atoms with E-state index in [1.807, 2.05) is 29.2 Å². The summed E-state index contributed by atoms with van der Waals surface area (Å²) in [6.45, 7) is 8.26. The minimum atomic E-state index is 0.0710. The third-order valence-electron chi connectivity index (χ3n) is 6.36. The van der Waals surface area contributed by atoms with Crippen molar-refractivity contribution in [2.24, 2.45) is 0 Å². The quantitative estimate of drug-likeness (QED) is 0.422. The monoisotopic (exact) mass is 472 g/mol. The first-order valence-electron chi connectivity index (χ1n) is 11.5. The largest absolute Gasteiger partial charge is 0.338 e. The maximum Gasteiger partial charge on any atom is 0.243 e. The summed E-state index contributed by atoms with van der Waals surface area (Å²) >= 11 is 1.59. The van der Waals surface area contributed by atoms with E-state index in [1.54, 1.807) is 23.7 Å². The van der Waals surface area contributed by atoms with E-state index >= 15 is 0 Å². The number of thiazole rings is 1. The highest BCUT2D eigenvalue weighted by atomic mass is 32.1. The molecule has 0 radical (unpaired) electrons. The van der Waals surface area contributed by atoms with Gasteiger partial charge in [0, 0.05) is 38.6 Å². The van der Waals surface area contributed by atoms with Crippen molar-refractivity contribution in [3.63, 3.8) is 0 Å². The first kappa shape index (κ1) is 22.4. The second kappa shape index (κ2) is 9.87. The van der Waals surface area contributed by atoms with E-state index in [4.69, 9.17) is 4.98 Å². The predicted octanol–water partition coefficient (Wildman–Crippen LogP) is 4.06. The van der Waals surface area contributed by atoms with Crippen molar-refractivity contribution in [2.75, 3.05) is 42.5 Å². The molecule has 3 heterocycles. The van der Waals surface area contributed by atoms with Gasteiger partial charge in [-0.1, -0.05) is 47.7 Å². The van der Waals surface area contributed by atoms with Crippen LogP contribution >= 0.6 is 11.3 Å². The second-order valence-corrected chi connectivity index (χ2v) is 9.64. The first-order chi connectivity index (χ1) is 16.6. The fourth-order valence-electron chi connectivity index (χ4n) is 4.20. The van der Waals surface area contributed by atoms with Crippen molar-refractivity contribution in [2.45, 2.75) is 20.4 Å². The summed E-state index contributed by atoms with van der Waals surface area (Å²) in [6.07, 6.45) is 3.53. The van der Waals surface area contributed by atoms with Gasteiger partial charge in [0.2, 0.25) is 11.9 Å². The Hall–Kier alpha value is -3.36. The fraction of sp³-hybridized carbons (Fsp3) is 0.308. The van der Waals surface area contributed by atoms with Crippen LogP contribution in [-0.4, -0.2) is 58.5 Å². The Morgan fingerprint density at radius 2 is 1.71 bits per heavy atom. The van der Waals surface area contributed by atoms with Gasteiger partial charge in [-0.25, -0.2) is 15.0 Å². The van der Waals surface area contributed by atoms with Crippen LogP contribution in [0.5, 0.6) is 0 Å². The molecule has 0 N–H and O–H groups in total. The number of rotatable bonds is 6. The number of nitrogens with zero attached hydrogens (tertiary/aromatic N) is 6. The summed E-state index contributed by atoms with van der Waals surface area (Å²) in [4.78, 5) is 33.5. The standard InChI is InChI=1S/C26H28N6OS/c1-19-9-10-22-24(20(19)2)29-26(34-22)32(17-21-7-4-3-5-8-21)23(33)18-30-13-15-31(16-14-30)25-27-11-6-12-28-25/h3-12H,13-18H2,1-2H3. The molecule has 7 nitrogen and oxygen atoms in total. The lowest BCUT2D eigenvalue weighted by Gasteiger charge is -2.35. The Labute approximate surface area is 203 Å². The topological polar surface area (TPSA) is 65.5 Å². The summed E-state index contributed by atoms with van der Waals surface area (Å²) in [5, 5.41) is 0.758.